The minimum Gasteiger partial charge on any atom is -0.393 e. The lowest BCUT2D eigenvalue weighted by Gasteiger charge is -2.32. The van der Waals surface area contributed by atoms with Crippen LogP contribution in [0.3, 0.4) is 0 Å². The van der Waals surface area contributed by atoms with Crippen LogP contribution in [0.5, 0.6) is 0 Å². The van der Waals surface area contributed by atoms with Crippen molar-refractivity contribution in [3.8, 4) is 0 Å². The predicted molar refractivity (Wildman–Crippen MR) is 89.6 cm³/mol. The molecule has 1 N–H and O–H groups in total. The van der Waals surface area contributed by atoms with Crippen LogP contribution in [-0.2, 0) is 14.3 Å². The minimum atomic E-state index is -0.199. The van der Waals surface area contributed by atoms with E-state index in [9.17, 15) is 9.90 Å². The van der Waals surface area contributed by atoms with Crippen LogP contribution >= 0.6 is 0 Å². The highest BCUT2D eigenvalue weighted by Crippen LogP contribution is 2.61. The van der Waals surface area contributed by atoms with E-state index in [4.69, 9.17) is 9.47 Å². The normalized spacial score (nSPS) is 48.2. The van der Waals surface area contributed by atoms with Gasteiger partial charge in [0.25, 0.3) is 0 Å². The van der Waals surface area contributed by atoms with Gasteiger partial charge in [0.2, 0.25) is 5.91 Å². The summed E-state index contributed by atoms with van der Waals surface area (Å²) >= 11 is 0. The molecule has 4 aliphatic rings. The lowest BCUT2D eigenvalue weighted by atomic mass is 9.73. The van der Waals surface area contributed by atoms with Crippen LogP contribution in [0.1, 0.15) is 65.7 Å². The Morgan fingerprint density at radius 2 is 1.71 bits per heavy atom. The Hall–Kier alpha value is -0.650. The maximum atomic E-state index is 12.7. The van der Waals surface area contributed by atoms with Gasteiger partial charge in [0.05, 0.1) is 22.9 Å². The van der Waals surface area contributed by atoms with Crippen LogP contribution in [0, 0.1) is 5.92 Å². The minimum absolute atomic E-state index is 0.00643. The van der Waals surface area contributed by atoms with Gasteiger partial charge in [-0.1, -0.05) is 0 Å². The van der Waals surface area contributed by atoms with Crippen LogP contribution in [0.4, 0.5) is 0 Å². The van der Waals surface area contributed by atoms with Gasteiger partial charge in [-0.3, -0.25) is 4.79 Å². The fourth-order valence-corrected chi connectivity index (χ4v) is 5.20. The number of hydrogen-bond donors (Lipinski definition) is 1. The molecule has 0 bridgehead atoms. The Labute approximate surface area is 144 Å². The number of ether oxygens (including phenoxy) is 2. The first-order valence-corrected chi connectivity index (χ1v) is 9.46. The van der Waals surface area contributed by atoms with Crippen molar-refractivity contribution < 1.29 is 19.4 Å². The molecule has 0 radical (unpaired) electrons. The van der Waals surface area contributed by atoms with Gasteiger partial charge in [0, 0.05) is 32.4 Å². The fourth-order valence-electron chi connectivity index (χ4n) is 5.20. The van der Waals surface area contributed by atoms with E-state index in [2.05, 4.69) is 20.8 Å². The van der Waals surface area contributed by atoms with Gasteiger partial charge < -0.3 is 19.5 Å². The first kappa shape index (κ1) is 16.8. The van der Waals surface area contributed by atoms with Crippen molar-refractivity contribution >= 4 is 5.91 Å². The second-order valence-electron chi connectivity index (χ2n) is 9.28. The zero-order valence-corrected chi connectivity index (χ0v) is 15.4. The molecule has 0 aromatic rings. The third-order valence-electron chi connectivity index (χ3n) is 7.42. The zero-order chi connectivity index (χ0) is 17.4. The van der Waals surface area contributed by atoms with Crippen molar-refractivity contribution in [1.82, 2.24) is 4.90 Å². The molecular weight excluding hydrogens is 306 g/mol. The van der Waals surface area contributed by atoms with E-state index in [0.29, 0.717) is 0 Å². The summed E-state index contributed by atoms with van der Waals surface area (Å²) in [5, 5.41) is 9.52. The number of rotatable bonds is 4. The summed E-state index contributed by atoms with van der Waals surface area (Å²) in [5.41, 5.74) is -0.187. The molecular formula is C19H31NO4. The molecule has 2 aliphatic heterocycles. The van der Waals surface area contributed by atoms with Crippen molar-refractivity contribution in [3.63, 3.8) is 0 Å². The molecule has 24 heavy (non-hydrogen) atoms. The molecule has 2 saturated heterocycles. The Morgan fingerprint density at radius 1 is 1.12 bits per heavy atom. The molecule has 1 unspecified atom stereocenters. The molecule has 0 aromatic carbocycles. The second-order valence-corrected chi connectivity index (χ2v) is 9.28. The van der Waals surface area contributed by atoms with Gasteiger partial charge in [-0.25, -0.2) is 0 Å². The first-order chi connectivity index (χ1) is 11.1. The number of epoxide rings is 2. The third kappa shape index (κ3) is 2.35. The predicted octanol–water partition coefficient (Wildman–Crippen LogP) is 2.26. The van der Waals surface area contributed by atoms with Crippen LogP contribution in [0.2, 0.25) is 0 Å². The molecule has 2 heterocycles. The number of nitrogens with zero attached hydrogens (tertiary/aromatic N) is 1. The van der Waals surface area contributed by atoms with Crippen molar-refractivity contribution in [2.24, 2.45) is 5.92 Å². The Balaban J connectivity index is 1.24. The summed E-state index contributed by atoms with van der Waals surface area (Å²) in [5.74, 6) is 0.420. The summed E-state index contributed by atoms with van der Waals surface area (Å²) in [7, 11) is 1.91. The molecule has 4 fully saturated rings. The third-order valence-corrected chi connectivity index (χ3v) is 7.42. The molecule has 1 atom stereocenters. The molecule has 136 valence electrons. The average molecular weight is 337 g/mol. The molecule has 1 amide bonds. The second kappa shape index (κ2) is 4.95. The van der Waals surface area contributed by atoms with Crippen LogP contribution in [0.15, 0.2) is 0 Å². The van der Waals surface area contributed by atoms with E-state index < -0.39 is 0 Å². The van der Waals surface area contributed by atoms with Gasteiger partial charge in [0.1, 0.15) is 5.60 Å². The monoisotopic (exact) mass is 337 g/mol. The van der Waals surface area contributed by atoms with E-state index in [1.54, 1.807) is 0 Å². The highest BCUT2D eigenvalue weighted by Gasteiger charge is 2.71. The van der Waals surface area contributed by atoms with Crippen molar-refractivity contribution in [1.29, 1.82) is 0 Å². The van der Waals surface area contributed by atoms with E-state index in [0.717, 1.165) is 51.5 Å². The molecule has 2 spiro atoms. The first-order valence-electron chi connectivity index (χ1n) is 9.46. The highest BCUT2D eigenvalue weighted by molar-refractivity contribution is 5.78. The molecule has 2 aliphatic carbocycles. The largest absolute Gasteiger partial charge is 0.393 e. The van der Waals surface area contributed by atoms with Gasteiger partial charge >= 0.3 is 0 Å². The molecule has 4 rings (SSSR count). The Kier molecular flexibility index (Phi) is 3.47. The zero-order valence-electron chi connectivity index (χ0n) is 15.4. The number of carbonyl (C=O) groups is 1. The van der Waals surface area contributed by atoms with Crippen LogP contribution in [-0.4, -0.2) is 58.0 Å². The summed E-state index contributed by atoms with van der Waals surface area (Å²) in [6.45, 7) is 7.17. The topological polar surface area (TPSA) is 65.6 Å². The maximum absolute atomic E-state index is 12.7. The van der Waals surface area contributed by atoms with Crippen molar-refractivity contribution in [2.45, 2.75) is 94.2 Å². The lowest BCUT2D eigenvalue weighted by molar-refractivity contribution is -0.135. The summed E-state index contributed by atoms with van der Waals surface area (Å²) in [6, 6.07) is 0. The molecule has 5 heteroatoms. The molecule has 2 saturated carbocycles. The smallest absolute Gasteiger partial charge is 0.225 e. The van der Waals surface area contributed by atoms with E-state index in [1.807, 2.05) is 11.9 Å². The van der Waals surface area contributed by atoms with E-state index in [1.165, 1.54) is 0 Å². The highest BCUT2D eigenvalue weighted by atomic mass is 16.6. The van der Waals surface area contributed by atoms with Gasteiger partial charge in [-0.2, -0.15) is 0 Å². The quantitative estimate of drug-likeness (QED) is 0.799. The molecule has 5 nitrogen and oxygen atoms in total. The Morgan fingerprint density at radius 3 is 2.21 bits per heavy atom. The van der Waals surface area contributed by atoms with Gasteiger partial charge in [0.15, 0.2) is 0 Å². The van der Waals surface area contributed by atoms with Crippen molar-refractivity contribution in [2.75, 3.05) is 13.6 Å². The maximum Gasteiger partial charge on any atom is 0.225 e. The Bertz CT molecular complexity index is 546. The summed E-state index contributed by atoms with van der Waals surface area (Å²) in [4.78, 5) is 14.6. The standard InChI is InChI=1S/C19H31NO4/c1-16(2)18(23-16)7-5-13(6-8-18)15(22)20(4)10-9-17(3)19(24-17)11-14(21)12-19/h13-14,21H,5-12H2,1-4H3. The van der Waals surface area contributed by atoms with Gasteiger partial charge in [-0.05, 0) is 52.9 Å². The number of hydrogen-bond acceptors (Lipinski definition) is 4. The van der Waals surface area contributed by atoms with Crippen LogP contribution < -0.4 is 0 Å². The number of amides is 1. The average Bonchev–Trinajstić information content (AvgIpc) is 3.27. The molecule has 0 aromatic heterocycles. The van der Waals surface area contributed by atoms with E-state index in [-0.39, 0.29) is 40.3 Å². The summed E-state index contributed by atoms with van der Waals surface area (Å²) < 4.78 is 11.8. The fraction of sp³-hybridized carbons (Fsp3) is 0.947. The lowest BCUT2D eigenvalue weighted by Crippen LogP contribution is -2.43. The number of aliphatic hydroxyl groups excluding tert-OH is 1. The number of aliphatic hydroxyl groups is 1. The van der Waals surface area contributed by atoms with E-state index >= 15 is 0 Å². The SMILES string of the molecule is CN(CCC1(C)OC12CC(O)C2)C(=O)C1CCC2(CC1)OC2(C)C. The van der Waals surface area contributed by atoms with Crippen LogP contribution in [0.25, 0.3) is 0 Å². The summed E-state index contributed by atoms with van der Waals surface area (Å²) in [6.07, 6.45) is 6.05. The number of carbonyl (C=O) groups excluding carboxylic acids is 1. The van der Waals surface area contributed by atoms with Crippen molar-refractivity contribution in [3.05, 3.63) is 0 Å². The van der Waals surface area contributed by atoms with Gasteiger partial charge in [-0.15, -0.1) is 0 Å².